The van der Waals surface area contributed by atoms with Gasteiger partial charge in [0.05, 0.1) is 5.75 Å². The largest absolute Gasteiger partial charge is 0.339 e. The molecule has 0 aliphatic heterocycles. The maximum atomic E-state index is 10.8. The van der Waals surface area contributed by atoms with Crippen LogP contribution in [0.5, 0.6) is 0 Å². The minimum atomic E-state index is -2.88. The molecule has 1 aromatic heterocycles. The Balaban J connectivity index is 2.12. The van der Waals surface area contributed by atoms with E-state index in [0.717, 1.165) is 0 Å². The molecule has 0 aromatic carbocycles. The lowest BCUT2D eigenvalue weighted by molar-refractivity contribution is 0.373. The fourth-order valence-corrected chi connectivity index (χ4v) is 1.53. The zero-order valence-electron chi connectivity index (χ0n) is 8.86. The molecule has 1 N–H and O–H groups in total. The van der Waals surface area contributed by atoms with Crippen LogP contribution in [-0.4, -0.2) is 43.7 Å². The number of sulfone groups is 1. The summed E-state index contributed by atoms with van der Waals surface area (Å²) in [7, 11) is -2.88. The summed E-state index contributed by atoms with van der Waals surface area (Å²) in [5, 5.41) is 6.64. The quantitative estimate of drug-likeness (QED) is 0.670. The van der Waals surface area contributed by atoms with Gasteiger partial charge >= 0.3 is 0 Å². The van der Waals surface area contributed by atoms with Crippen molar-refractivity contribution in [3.05, 3.63) is 11.7 Å². The predicted molar refractivity (Wildman–Crippen MR) is 55.3 cm³/mol. The average Bonchev–Trinajstić information content (AvgIpc) is 2.49. The van der Waals surface area contributed by atoms with Crippen LogP contribution in [0.15, 0.2) is 4.52 Å². The number of hydrogen-bond donors (Lipinski definition) is 1. The molecule has 0 amide bonds. The molecule has 86 valence electrons. The van der Waals surface area contributed by atoms with Crippen molar-refractivity contribution in [3.8, 4) is 0 Å². The molecule has 0 radical (unpaired) electrons. The van der Waals surface area contributed by atoms with Crippen molar-refractivity contribution in [2.45, 2.75) is 13.3 Å². The smallest absolute Gasteiger partial charge is 0.227 e. The van der Waals surface area contributed by atoms with Crippen LogP contribution in [0.1, 0.15) is 11.7 Å². The number of nitrogens with one attached hydrogen (secondary N) is 1. The van der Waals surface area contributed by atoms with E-state index < -0.39 is 9.84 Å². The van der Waals surface area contributed by atoms with E-state index in [1.54, 1.807) is 6.92 Å². The zero-order chi connectivity index (χ0) is 11.3. The molecule has 1 rings (SSSR count). The lowest BCUT2D eigenvalue weighted by Crippen LogP contribution is -2.24. The maximum Gasteiger partial charge on any atom is 0.227 e. The van der Waals surface area contributed by atoms with E-state index in [1.165, 1.54) is 6.26 Å². The standard InChI is InChI=1S/C8H15N3O3S/c1-7-10-8(14-11-7)3-4-9-5-6-15(2,12)13/h9H,3-6H2,1-2H3. The van der Waals surface area contributed by atoms with Crippen molar-refractivity contribution >= 4 is 9.84 Å². The molecule has 0 unspecified atom stereocenters. The third-order valence-electron chi connectivity index (χ3n) is 1.73. The Hall–Kier alpha value is -0.950. The summed E-state index contributed by atoms with van der Waals surface area (Å²) in [6.45, 7) is 2.84. The van der Waals surface area contributed by atoms with Gasteiger partial charge in [-0.3, -0.25) is 0 Å². The number of nitrogens with zero attached hydrogens (tertiary/aromatic N) is 2. The Kier molecular flexibility index (Phi) is 4.22. The molecule has 1 aromatic rings. The highest BCUT2D eigenvalue weighted by Gasteiger charge is 2.03. The molecule has 1 heterocycles. The molecule has 7 heteroatoms. The van der Waals surface area contributed by atoms with E-state index in [0.29, 0.717) is 31.2 Å². The third kappa shape index (κ3) is 5.48. The molecular formula is C8H15N3O3S. The van der Waals surface area contributed by atoms with E-state index in [9.17, 15) is 8.42 Å². The second-order valence-electron chi connectivity index (χ2n) is 3.37. The van der Waals surface area contributed by atoms with E-state index in [-0.39, 0.29) is 5.75 Å². The Morgan fingerprint density at radius 2 is 2.13 bits per heavy atom. The van der Waals surface area contributed by atoms with Crippen LogP contribution in [0, 0.1) is 6.92 Å². The second-order valence-corrected chi connectivity index (χ2v) is 5.62. The Bertz CT molecular complexity index is 399. The van der Waals surface area contributed by atoms with Crippen molar-refractivity contribution in [3.63, 3.8) is 0 Å². The summed E-state index contributed by atoms with van der Waals surface area (Å²) in [4.78, 5) is 4.02. The summed E-state index contributed by atoms with van der Waals surface area (Å²) in [5.74, 6) is 1.33. The topological polar surface area (TPSA) is 85.1 Å². The van der Waals surface area contributed by atoms with Gasteiger partial charge in [0.25, 0.3) is 0 Å². The fraction of sp³-hybridized carbons (Fsp3) is 0.750. The first kappa shape index (κ1) is 12.1. The molecule has 0 aliphatic rings. The van der Waals surface area contributed by atoms with Crippen molar-refractivity contribution in [2.75, 3.05) is 25.1 Å². The molecule has 15 heavy (non-hydrogen) atoms. The van der Waals surface area contributed by atoms with Crippen molar-refractivity contribution < 1.29 is 12.9 Å². The third-order valence-corrected chi connectivity index (χ3v) is 2.68. The second kappa shape index (κ2) is 5.22. The van der Waals surface area contributed by atoms with Gasteiger partial charge < -0.3 is 9.84 Å². The van der Waals surface area contributed by atoms with Crippen LogP contribution in [0.4, 0.5) is 0 Å². The molecule has 0 saturated heterocycles. The van der Waals surface area contributed by atoms with Gasteiger partial charge in [-0.15, -0.1) is 0 Å². The van der Waals surface area contributed by atoms with Crippen LogP contribution in [0.3, 0.4) is 0 Å². The summed E-state index contributed by atoms with van der Waals surface area (Å²) in [6, 6.07) is 0. The summed E-state index contributed by atoms with van der Waals surface area (Å²) in [6.07, 6.45) is 1.83. The zero-order valence-corrected chi connectivity index (χ0v) is 9.67. The van der Waals surface area contributed by atoms with Gasteiger partial charge in [0.2, 0.25) is 5.89 Å². The Morgan fingerprint density at radius 1 is 1.40 bits per heavy atom. The van der Waals surface area contributed by atoms with Gasteiger partial charge in [-0.05, 0) is 6.92 Å². The minimum absolute atomic E-state index is 0.149. The predicted octanol–water partition coefficient (Wildman–Crippen LogP) is -0.445. The fourth-order valence-electron chi connectivity index (χ4n) is 1.02. The van der Waals surface area contributed by atoms with Crippen molar-refractivity contribution in [1.82, 2.24) is 15.5 Å². The first-order chi connectivity index (χ1) is 6.97. The normalized spacial score (nSPS) is 11.9. The SMILES string of the molecule is Cc1noc(CCNCCS(C)(=O)=O)n1. The highest BCUT2D eigenvalue weighted by atomic mass is 32.2. The highest BCUT2D eigenvalue weighted by molar-refractivity contribution is 7.90. The van der Waals surface area contributed by atoms with Gasteiger partial charge in [0.1, 0.15) is 9.84 Å². The number of aromatic nitrogens is 2. The lowest BCUT2D eigenvalue weighted by atomic mass is 10.4. The number of hydrogen-bond acceptors (Lipinski definition) is 6. The van der Waals surface area contributed by atoms with Crippen LogP contribution in [0.2, 0.25) is 0 Å². The molecule has 0 aliphatic carbocycles. The van der Waals surface area contributed by atoms with Gasteiger partial charge in [0, 0.05) is 25.8 Å². The van der Waals surface area contributed by atoms with E-state index >= 15 is 0 Å². The molecular weight excluding hydrogens is 218 g/mol. The van der Waals surface area contributed by atoms with E-state index in [4.69, 9.17) is 4.52 Å². The molecule has 6 nitrogen and oxygen atoms in total. The van der Waals surface area contributed by atoms with Crippen molar-refractivity contribution in [2.24, 2.45) is 0 Å². The van der Waals surface area contributed by atoms with Gasteiger partial charge in [-0.25, -0.2) is 8.42 Å². The molecule has 0 bridgehead atoms. The van der Waals surface area contributed by atoms with Crippen LogP contribution >= 0.6 is 0 Å². The first-order valence-electron chi connectivity index (χ1n) is 4.65. The van der Waals surface area contributed by atoms with Crippen LogP contribution in [0.25, 0.3) is 0 Å². The van der Waals surface area contributed by atoms with Crippen LogP contribution < -0.4 is 5.32 Å². The summed E-state index contributed by atoms with van der Waals surface area (Å²) >= 11 is 0. The average molecular weight is 233 g/mol. The van der Waals surface area contributed by atoms with Crippen molar-refractivity contribution in [1.29, 1.82) is 0 Å². The number of rotatable bonds is 6. The number of aryl methyl sites for hydroxylation is 1. The lowest BCUT2D eigenvalue weighted by Gasteiger charge is -2.00. The maximum absolute atomic E-state index is 10.8. The molecule has 0 spiro atoms. The van der Waals surface area contributed by atoms with Gasteiger partial charge in [-0.1, -0.05) is 5.16 Å². The molecule has 0 fully saturated rings. The Morgan fingerprint density at radius 3 is 2.67 bits per heavy atom. The van der Waals surface area contributed by atoms with Gasteiger partial charge in [-0.2, -0.15) is 4.98 Å². The highest BCUT2D eigenvalue weighted by Crippen LogP contribution is 1.95. The van der Waals surface area contributed by atoms with Crippen LogP contribution in [-0.2, 0) is 16.3 Å². The first-order valence-corrected chi connectivity index (χ1v) is 6.71. The summed E-state index contributed by atoms with van der Waals surface area (Å²) in [5.41, 5.74) is 0. The minimum Gasteiger partial charge on any atom is -0.339 e. The van der Waals surface area contributed by atoms with E-state index in [1.807, 2.05) is 0 Å². The van der Waals surface area contributed by atoms with E-state index in [2.05, 4.69) is 15.5 Å². The summed E-state index contributed by atoms with van der Waals surface area (Å²) < 4.78 is 26.5. The molecule has 0 atom stereocenters. The monoisotopic (exact) mass is 233 g/mol. The Labute approximate surface area is 89.0 Å². The van der Waals surface area contributed by atoms with Gasteiger partial charge in [0.15, 0.2) is 5.82 Å². The molecule has 0 saturated carbocycles.